The van der Waals surface area contributed by atoms with E-state index in [0.717, 1.165) is 0 Å². The van der Waals surface area contributed by atoms with Crippen molar-refractivity contribution >= 4 is 5.91 Å². The molecule has 7 heteroatoms. The summed E-state index contributed by atoms with van der Waals surface area (Å²) >= 11 is 0. The van der Waals surface area contributed by atoms with Crippen LogP contribution in [0.25, 0.3) is 11.4 Å². The highest BCUT2D eigenvalue weighted by Crippen LogP contribution is 2.19. The number of nitrogens with one attached hydrogen (secondary N) is 1. The van der Waals surface area contributed by atoms with Gasteiger partial charge in [-0.1, -0.05) is 17.3 Å². The third-order valence-electron chi connectivity index (χ3n) is 3.35. The van der Waals surface area contributed by atoms with Gasteiger partial charge in [0.15, 0.2) is 0 Å². The summed E-state index contributed by atoms with van der Waals surface area (Å²) in [7, 11) is 0. The maximum Gasteiger partial charge on any atom is 0.227 e. The Morgan fingerprint density at radius 1 is 1.48 bits per heavy atom. The zero-order valence-corrected chi connectivity index (χ0v) is 13.2. The number of nitrogens with zero attached hydrogens (tertiary/aromatic N) is 2. The number of aromatic nitrogens is 2. The van der Waals surface area contributed by atoms with E-state index in [9.17, 15) is 9.18 Å². The van der Waals surface area contributed by atoms with Gasteiger partial charge in [0.2, 0.25) is 17.6 Å². The summed E-state index contributed by atoms with van der Waals surface area (Å²) in [6.07, 6.45) is 0.588. The van der Waals surface area contributed by atoms with Crippen molar-refractivity contribution in [2.75, 3.05) is 6.54 Å². The van der Waals surface area contributed by atoms with Crippen LogP contribution in [-0.2, 0) is 11.2 Å². The molecule has 1 unspecified atom stereocenters. The minimum absolute atomic E-state index is 0.146. The fraction of sp³-hybridized carbons (Fsp3) is 0.438. The van der Waals surface area contributed by atoms with Crippen molar-refractivity contribution in [1.29, 1.82) is 0 Å². The lowest BCUT2D eigenvalue weighted by Crippen LogP contribution is -2.26. The van der Waals surface area contributed by atoms with Crippen LogP contribution < -0.4 is 5.32 Å². The molecule has 1 atom stereocenters. The van der Waals surface area contributed by atoms with E-state index in [-0.39, 0.29) is 18.1 Å². The smallest absolute Gasteiger partial charge is 0.227 e. The first-order valence-electron chi connectivity index (χ1n) is 7.49. The Hall–Kier alpha value is -2.28. The van der Waals surface area contributed by atoms with Gasteiger partial charge in [-0.05, 0) is 31.9 Å². The molecule has 23 heavy (non-hydrogen) atoms. The number of halogens is 1. The maximum absolute atomic E-state index is 13.5. The average molecular weight is 321 g/mol. The van der Waals surface area contributed by atoms with E-state index in [2.05, 4.69) is 15.5 Å². The molecule has 0 fully saturated rings. The fourth-order valence-electron chi connectivity index (χ4n) is 1.93. The summed E-state index contributed by atoms with van der Waals surface area (Å²) in [6, 6.07) is 4.72. The molecule has 1 aromatic carbocycles. The fourth-order valence-corrected chi connectivity index (χ4v) is 1.93. The third kappa shape index (κ3) is 5.14. The number of aliphatic hydroxyl groups is 1. The molecular weight excluding hydrogens is 301 g/mol. The van der Waals surface area contributed by atoms with Crippen LogP contribution >= 0.6 is 0 Å². The second-order valence-electron chi connectivity index (χ2n) is 5.46. The van der Waals surface area contributed by atoms with Gasteiger partial charge in [0.05, 0.1) is 6.10 Å². The standard InChI is InChI=1S/C16H20FN3O3/c1-10-3-4-12(9-13(10)17)16-19-15(23-20-16)6-5-14(22)18-8-7-11(2)21/h3-4,9,11,21H,5-8H2,1-2H3,(H,18,22). The SMILES string of the molecule is Cc1ccc(-c2noc(CCC(=O)NCCC(C)O)n2)cc1F. The molecule has 0 radical (unpaired) electrons. The lowest BCUT2D eigenvalue weighted by Gasteiger charge is -2.05. The Kier molecular flexibility index (Phi) is 5.81. The van der Waals surface area contributed by atoms with Gasteiger partial charge in [-0.15, -0.1) is 0 Å². The normalized spacial score (nSPS) is 12.2. The van der Waals surface area contributed by atoms with Gasteiger partial charge in [-0.25, -0.2) is 4.39 Å². The van der Waals surface area contributed by atoms with E-state index >= 15 is 0 Å². The Morgan fingerprint density at radius 2 is 2.26 bits per heavy atom. The van der Waals surface area contributed by atoms with Crippen molar-refractivity contribution in [3.8, 4) is 11.4 Å². The van der Waals surface area contributed by atoms with E-state index in [0.29, 0.717) is 42.2 Å². The van der Waals surface area contributed by atoms with Gasteiger partial charge in [-0.3, -0.25) is 4.79 Å². The number of hydrogen-bond donors (Lipinski definition) is 2. The summed E-state index contributed by atoms with van der Waals surface area (Å²) in [5.74, 6) is 0.151. The van der Waals surface area contributed by atoms with Crippen molar-refractivity contribution in [2.45, 2.75) is 39.2 Å². The minimum Gasteiger partial charge on any atom is -0.393 e. The van der Waals surface area contributed by atoms with E-state index in [4.69, 9.17) is 9.63 Å². The van der Waals surface area contributed by atoms with Crippen molar-refractivity contribution in [1.82, 2.24) is 15.5 Å². The molecule has 0 aliphatic carbocycles. The van der Waals surface area contributed by atoms with E-state index < -0.39 is 6.10 Å². The first-order valence-corrected chi connectivity index (χ1v) is 7.49. The van der Waals surface area contributed by atoms with E-state index in [1.54, 1.807) is 26.0 Å². The Bertz CT molecular complexity index is 670. The second-order valence-corrected chi connectivity index (χ2v) is 5.46. The second kappa shape index (κ2) is 7.82. The number of rotatable bonds is 7. The minimum atomic E-state index is -0.441. The van der Waals surface area contributed by atoms with Gasteiger partial charge < -0.3 is 14.9 Å². The lowest BCUT2D eigenvalue weighted by atomic mass is 10.1. The zero-order valence-electron chi connectivity index (χ0n) is 13.2. The summed E-state index contributed by atoms with van der Waals surface area (Å²) in [5, 5.41) is 15.6. The van der Waals surface area contributed by atoms with Crippen LogP contribution in [0.1, 0.15) is 31.2 Å². The summed E-state index contributed by atoms with van der Waals surface area (Å²) in [4.78, 5) is 15.8. The first-order chi connectivity index (χ1) is 11.0. The van der Waals surface area contributed by atoms with E-state index in [1.165, 1.54) is 6.07 Å². The molecule has 0 aliphatic heterocycles. The highest BCUT2D eigenvalue weighted by molar-refractivity contribution is 5.75. The van der Waals surface area contributed by atoms with Crippen molar-refractivity contribution in [3.63, 3.8) is 0 Å². The van der Waals surface area contributed by atoms with Gasteiger partial charge in [-0.2, -0.15) is 4.98 Å². The number of amides is 1. The molecular formula is C16H20FN3O3. The lowest BCUT2D eigenvalue weighted by molar-refractivity contribution is -0.121. The van der Waals surface area contributed by atoms with Crippen molar-refractivity contribution in [3.05, 3.63) is 35.5 Å². The van der Waals surface area contributed by atoms with Crippen LogP contribution in [0.2, 0.25) is 0 Å². The predicted molar refractivity (Wildman–Crippen MR) is 82.1 cm³/mol. The quantitative estimate of drug-likeness (QED) is 0.814. The van der Waals surface area contributed by atoms with Gasteiger partial charge >= 0.3 is 0 Å². The van der Waals surface area contributed by atoms with E-state index in [1.807, 2.05) is 0 Å². The number of carbonyl (C=O) groups is 1. The number of aliphatic hydroxyl groups excluding tert-OH is 1. The largest absolute Gasteiger partial charge is 0.393 e. The van der Waals surface area contributed by atoms with Gasteiger partial charge in [0.25, 0.3) is 0 Å². The molecule has 2 N–H and O–H groups in total. The third-order valence-corrected chi connectivity index (χ3v) is 3.35. The summed E-state index contributed by atoms with van der Waals surface area (Å²) < 4.78 is 18.6. The molecule has 6 nitrogen and oxygen atoms in total. The molecule has 0 saturated heterocycles. The topological polar surface area (TPSA) is 88.2 Å². The highest BCUT2D eigenvalue weighted by Gasteiger charge is 2.12. The first kappa shape index (κ1) is 17.1. The van der Waals surface area contributed by atoms with Crippen LogP contribution in [0, 0.1) is 12.7 Å². The maximum atomic E-state index is 13.5. The Morgan fingerprint density at radius 3 is 2.96 bits per heavy atom. The van der Waals surface area contributed by atoms with Gasteiger partial charge in [0, 0.05) is 24.9 Å². The molecule has 0 aliphatic rings. The summed E-state index contributed by atoms with van der Waals surface area (Å²) in [6.45, 7) is 3.77. The summed E-state index contributed by atoms with van der Waals surface area (Å²) in [5.41, 5.74) is 1.08. The van der Waals surface area contributed by atoms with Crippen LogP contribution in [0.3, 0.4) is 0 Å². The molecule has 1 aromatic heterocycles. The number of aryl methyl sites for hydroxylation is 2. The van der Waals surface area contributed by atoms with Crippen molar-refractivity contribution < 1.29 is 18.8 Å². The average Bonchev–Trinajstić information content (AvgIpc) is 2.96. The molecule has 0 saturated carbocycles. The molecule has 2 aromatic rings. The molecule has 1 heterocycles. The van der Waals surface area contributed by atoms with Crippen molar-refractivity contribution in [2.24, 2.45) is 0 Å². The number of benzene rings is 1. The predicted octanol–water partition coefficient (Wildman–Crippen LogP) is 2.00. The molecule has 1 amide bonds. The molecule has 0 spiro atoms. The number of carbonyl (C=O) groups excluding carboxylic acids is 1. The molecule has 2 rings (SSSR count). The Labute approximate surface area is 133 Å². The zero-order chi connectivity index (χ0) is 16.8. The Balaban J connectivity index is 1.87. The highest BCUT2D eigenvalue weighted by atomic mass is 19.1. The van der Waals surface area contributed by atoms with Crippen LogP contribution in [0.5, 0.6) is 0 Å². The molecule has 124 valence electrons. The van der Waals surface area contributed by atoms with Crippen LogP contribution in [0.15, 0.2) is 22.7 Å². The monoisotopic (exact) mass is 321 g/mol. The van der Waals surface area contributed by atoms with Crippen LogP contribution in [-0.4, -0.2) is 33.8 Å². The van der Waals surface area contributed by atoms with Crippen LogP contribution in [0.4, 0.5) is 4.39 Å². The van der Waals surface area contributed by atoms with Gasteiger partial charge in [0.1, 0.15) is 5.82 Å². The number of hydrogen-bond acceptors (Lipinski definition) is 5. The molecule has 0 bridgehead atoms.